The van der Waals surface area contributed by atoms with Gasteiger partial charge < -0.3 is 10.5 Å². The van der Waals surface area contributed by atoms with Crippen LogP contribution >= 0.6 is 11.3 Å². The summed E-state index contributed by atoms with van der Waals surface area (Å²) < 4.78 is 7.46. The number of para-hydroxylation sites is 2. The molecule has 25 heavy (non-hydrogen) atoms. The molecule has 0 saturated carbocycles. The van der Waals surface area contributed by atoms with Gasteiger partial charge in [0.15, 0.2) is 11.6 Å². The van der Waals surface area contributed by atoms with Crippen molar-refractivity contribution in [1.82, 2.24) is 9.38 Å². The zero-order chi connectivity index (χ0) is 17.4. The summed E-state index contributed by atoms with van der Waals surface area (Å²) in [6.45, 7) is -0.164. The van der Waals surface area contributed by atoms with Gasteiger partial charge in [0.2, 0.25) is 0 Å². The maximum atomic E-state index is 12.7. The van der Waals surface area contributed by atoms with E-state index in [4.69, 9.17) is 10.5 Å². The second-order valence-corrected chi connectivity index (χ2v) is 6.47. The Morgan fingerprint density at radius 2 is 1.96 bits per heavy atom. The molecule has 2 aromatic heterocycles. The first-order chi connectivity index (χ1) is 12.1. The number of rotatable bonds is 4. The molecule has 0 aliphatic carbocycles. The lowest BCUT2D eigenvalue weighted by atomic mass is 10.2. The molecule has 4 aromatic rings. The maximum absolute atomic E-state index is 12.7. The first-order valence-electron chi connectivity index (χ1n) is 7.55. The molecule has 0 fully saturated rings. The third-order valence-corrected chi connectivity index (χ3v) is 4.67. The predicted molar refractivity (Wildman–Crippen MR) is 96.8 cm³/mol. The number of hydrogen-bond donors (Lipinski definition) is 1. The minimum atomic E-state index is -0.527. The topological polar surface area (TPSA) is 86.7 Å². The highest BCUT2D eigenvalue weighted by Gasteiger charge is 2.10. The summed E-state index contributed by atoms with van der Waals surface area (Å²) in [5, 5.41) is 0. The number of thiazole rings is 1. The Hall–Kier alpha value is -3.19. The lowest BCUT2D eigenvalue weighted by Crippen LogP contribution is -2.22. The van der Waals surface area contributed by atoms with E-state index in [2.05, 4.69) is 4.98 Å². The Morgan fingerprint density at radius 1 is 1.20 bits per heavy atom. The smallest absolute Gasteiger partial charge is 0.274 e. The van der Waals surface area contributed by atoms with Crippen LogP contribution in [0.1, 0.15) is 5.56 Å². The summed E-state index contributed by atoms with van der Waals surface area (Å²) in [6, 6.07) is 14.7. The first kappa shape index (κ1) is 15.3. The van der Waals surface area contributed by atoms with Crippen molar-refractivity contribution >= 4 is 39.3 Å². The van der Waals surface area contributed by atoms with E-state index >= 15 is 0 Å². The second kappa shape index (κ2) is 6.03. The van der Waals surface area contributed by atoms with Crippen molar-refractivity contribution in [1.29, 1.82) is 0 Å². The molecule has 0 unspecified atom stereocenters. The standard InChI is InChI=1S/C18H13N3O3S/c19-16(22)10-24-12-7-5-11(6-8-12)9-15-17(23)21-14-4-2-1-3-13(14)20-18(21)25-15/h1-9H,10H2,(H2,19,22). The Labute approximate surface area is 145 Å². The zero-order valence-corrected chi connectivity index (χ0v) is 13.8. The number of imidazole rings is 1. The third-order valence-electron chi connectivity index (χ3n) is 3.70. The molecular weight excluding hydrogens is 338 g/mol. The first-order valence-corrected chi connectivity index (χ1v) is 8.36. The van der Waals surface area contributed by atoms with E-state index in [1.807, 2.05) is 42.5 Å². The van der Waals surface area contributed by atoms with Gasteiger partial charge in [0.05, 0.1) is 15.6 Å². The van der Waals surface area contributed by atoms with E-state index in [1.54, 1.807) is 16.5 Å². The molecule has 2 aromatic carbocycles. The van der Waals surface area contributed by atoms with Crippen LogP contribution in [0.5, 0.6) is 5.75 Å². The number of nitrogens with two attached hydrogens (primary N) is 1. The number of nitrogens with zero attached hydrogens (tertiary/aromatic N) is 2. The van der Waals surface area contributed by atoms with Crippen LogP contribution in [0.4, 0.5) is 0 Å². The molecule has 124 valence electrons. The predicted octanol–water partition coefficient (Wildman–Crippen LogP) is 1.32. The van der Waals surface area contributed by atoms with Gasteiger partial charge in [0.25, 0.3) is 11.5 Å². The molecule has 0 radical (unpaired) electrons. The maximum Gasteiger partial charge on any atom is 0.274 e. The average molecular weight is 351 g/mol. The van der Waals surface area contributed by atoms with Gasteiger partial charge in [-0.2, -0.15) is 0 Å². The largest absolute Gasteiger partial charge is 0.484 e. The van der Waals surface area contributed by atoms with Crippen molar-refractivity contribution in [3.63, 3.8) is 0 Å². The van der Waals surface area contributed by atoms with Crippen molar-refractivity contribution in [2.45, 2.75) is 0 Å². The number of primary amides is 1. The van der Waals surface area contributed by atoms with Crippen LogP contribution in [-0.2, 0) is 4.79 Å². The van der Waals surface area contributed by atoms with E-state index < -0.39 is 5.91 Å². The second-order valence-electron chi connectivity index (χ2n) is 5.46. The molecule has 0 aliphatic rings. The molecule has 7 heteroatoms. The van der Waals surface area contributed by atoms with Gasteiger partial charge in [-0.25, -0.2) is 9.38 Å². The number of benzene rings is 2. The monoisotopic (exact) mass is 351 g/mol. The number of carbonyl (C=O) groups is 1. The average Bonchev–Trinajstić information content (AvgIpc) is 3.11. The van der Waals surface area contributed by atoms with Gasteiger partial charge in [-0.05, 0) is 35.9 Å². The molecule has 4 rings (SSSR count). The van der Waals surface area contributed by atoms with Crippen LogP contribution in [0.15, 0.2) is 53.3 Å². The fraction of sp³-hybridized carbons (Fsp3) is 0.0556. The minimum absolute atomic E-state index is 0.0808. The third kappa shape index (κ3) is 2.85. The van der Waals surface area contributed by atoms with E-state index in [-0.39, 0.29) is 12.2 Å². The van der Waals surface area contributed by atoms with Crippen LogP contribution < -0.4 is 20.6 Å². The summed E-state index contributed by atoms with van der Waals surface area (Å²) in [7, 11) is 0. The number of amides is 1. The molecular formula is C18H13N3O3S. The minimum Gasteiger partial charge on any atom is -0.484 e. The van der Waals surface area contributed by atoms with Gasteiger partial charge in [0, 0.05) is 0 Å². The highest BCUT2D eigenvalue weighted by Crippen LogP contribution is 2.16. The molecule has 0 atom stereocenters. The van der Waals surface area contributed by atoms with Crippen molar-refractivity contribution < 1.29 is 9.53 Å². The molecule has 0 spiro atoms. The molecule has 2 heterocycles. The van der Waals surface area contributed by atoms with Crippen LogP contribution in [-0.4, -0.2) is 21.9 Å². The normalized spacial score (nSPS) is 12.1. The lowest BCUT2D eigenvalue weighted by molar-refractivity contribution is -0.119. The van der Waals surface area contributed by atoms with Gasteiger partial charge in [0.1, 0.15) is 5.75 Å². The van der Waals surface area contributed by atoms with Crippen molar-refractivity contribution in [2.75, 3.05) is 6.61 Å². The van der Waals surface area contributed by atoms with Crippen LogP contribution in [0.2, 0.25) is 0 Å². The number of carbonyl (C=O) groups excluding carboxylic acids is 1. The van der Waals surface area contributed by atoms with Gasteiger partial charge >= 0.3 is 0 Å². The molecule has 2 N–H and O–H groups in total. The van der Waals surface area contributed by atoms with Gasteiger partial charge in [-0.15, -0.1) is 0 Å². The highest BCUT2D eigenvalue weighted by atomic mass is 32.1. The highest BCUT2D eigenvalue weighted by molar-refractivity contribution is 7.15. The van der Waals surface area contributed by atoms with E-state index in [0.717, 1.165) is 16.6 Å². The number of ether oxygens (including phenoxy) is 1. The summed E-state index contributed by atoms with van der Waals surface area (Å²) in [6.07, 6.45) is 1.81. The summed E-state index contributed by atoms with van der Waals surface area (Å²) in [5.74, 6) is 0.0195. The van der Waals surface area contributed by atoms with E-state index in [0.29, 0.717) is 15.2 Å². The molecule has 1 amide bonds. The SMILES string of the molecule is NC(=O)COc1ccc(C=c2sc3nc4ccccc4n3c2=O)cc1. The van der Waals surface area contributed by atoms with Gasteiger partial charge in [-0.1, -0.05) is 35.6 Å². The summed E-state index contributed by atoms with van der Waals surface area (Å²) >= 11 is 1.35. The number of fused-ring (bicyclic) bond motifs is 3. The van der Waals surface area contributed by atoms with E-state index in [9.17, 15) is 9.59 Å². The Bertz CT molecular complexity index is 1190. The Kier molecular flexibility index (Phi) is 3.70. The Balaban J connectivity index is 1.73. The summed E-state index contributed by atoms with van der Waals surface area (Å²) in [4.78, 5) is 28.6. The Morgan fingerprint density at radius 3 is 2.72 bits per heavy atom. The van der Waals surface area contributed by atoms with Crippen molar-refractivity contribution in [3.05, 3.63) is 69.0 Å². The zero-order valence-electron chi connectivity index (χ0n) is 13.0. The fourth-order valence-corrected chi connectivity index (χ4v) is 3.56. The van der Waals surface area contributed by atoms with Crippen LogP contribution in [0.25, 0.3) is 22.1 Å². The molecule has 0 saturated heterocycles. The molecule has 6 nitrogen and oxygen atoms in total. The van der Waals surface area contributed by atoms with E-state index in [1.165, 1.54) is 11.3 Å². The van der Waals surface area contributed by atoms with Gasteiger partial charge in [-0.3, -0.25) is 9.59 Å². The quantitative estimate of drug-likeness (QED) is 0.601. The van der Waals surface area contributed by atoms with Crippen molar-refractivity contribution in [3.8, 4) is 5.75 Å². The lowest BCUT2D eigenvalue weighted by Gasteiger charge is -2.03. The van der Waals surface area contributed by atoms with Crippen LogP contribution in [0, 0.1) is 0 Å². The number of hydrogen-bond acceptors (Lipinski definition) is 5. The fourth-order valence-electron chi connectivity index (χ4n) is 2.58. The van der Waals surface area contributed by atoms with Crippen molar-refractivity contribution in [2.24, 2.45) is 5.73 Å². The summed E-state index contributed by atoms with van der Waals surface area (Å²) in [5.41, 5.74) is 7.45. The molecule has 0 aliphatic heterocycles. The molecule has 0 bridgehead atoms. The number of aromatic nitrogens is 2. The van der Waals surface area contributed by atoms with Crippen LogP contribution in [0.3, 0.4) is 0 Å².